The first-order valence-electron chi connectivity index (χ1n) is 5.40. The van der Waals surface area contributed by atoms with E-state index in [9.17, 15) is 9.59 Å². The molecule has 0 amide bonds. The molecule has 7 nitrogen and oxygen atoms in total. The summed E-state index contributed by atoms with van der Waals surface area (Å²) in [5.41, 5.74) is 0. The fraction of sp³-hybridized carbons (Fsp3) is 0.545. The molecule has 0 saturated heterocycles. The zero-order valence-corrected chi connectivity index (χ0v) is 10.9. The Hall–Kier alpha value is -1.89. The number of carbonyl (C=O) groups excluding carboxylic acids is 2. The molecule has 0 unspecified atom stereocenters. The predicted molar refractivity (Wildman–Crippen MR) is 63.1 cm³/mol. The van der Waals surface area contributed by atoms with Gasteiger partial charge in [0.1, 0.15) is 18.5 Å². The summed E-state index contributed by atoms with van der Waals surface area (Å²) in [6.45, 7) is 1.64. The topological polar surface area (TPSA) is 73.7 Å². The number of nitrogens with zero attached hydrogens (tertiary/aromatic N) is 3. The maximum atomic E-state index is 11.7. The molecule has 0 bridgehead atoms. The molecule has 2 atom stereocenters. The molecular weight excluding hydrogens is 238 g/mol. The maximum absolute atomic E-state index is 11.7. The van der Waals surface area contributed by atoms with Crippen molar-refractivity contribution in [1.29, 1.82) is 0 Å². The number of aromatic nitrogens is 2. The Morgan fingerprint density at radius 3 is 2.50 bits per heavy atom. The van der Waals surface area contributed by atoms with E-state index in [1.54, 1.807) is 25.9 Å². The zero-order chi connectivity index (χ0) is 13.7. The minimum atomic E-state index is -0.650. The van der Waals surface area contributed by atoms with E-state index in [1.807, 2.05) is 0 Å². The molecule has 0 aliphatic rings. The predicted octanol–water partition coefficient (Wildman–Crippen LogP) is 0.359. The van der Waals surface area contributed by atoms with Crippen molar-refractivity contribution in [2.24, 2.45) is 0 Å². The molecular formula is C11H17N3O4. The van der Waals surface area contributed by atoms with E-state index < -0.39 is 24.2 Å². The first kappa shape index (κ1) is 14.2. The third kappa shape index (κ3) is 3.30. The zero-order valence-electron chi connectivity index (χ0n) is 10.9. The van der Waals surface area contributed by atoms with Crippen LogP contribution in [0.15, 0.2) is 18.7 Å². The van der Waals surface area contributed by atoms with Crippen molar-refractivity contribution in [1.82, 2.24) is 14.5 Å². The van der Waals surface area contributed by atoms with E-state index in [1.165, 1.54) is 30.4 Å². The van der Waals surface area contributed by atoms with Gasteiger partial charge in [0.05, 0.1) is 7.11 Å². The second-order valence-electron chi connectivity index (χ2n) is 3.99. The molecule has 0 aliphatic carbocycles. The van der Waals surface area contributed by atoms with Crippen molar-refractivity contribution < 1.29 is 19.1 Å². The number of rotatable bonds is 4. The highest BCUT2D eigenvalue weighted by Crippen LogP contribution is 2.08. The van der Waals surface area contributed by atoms with Crippen molar-refractivity contribution in [3.05, 3.63) is 18.7 Å². The second kappa shape index (κ2) is 6.15. The van der Waals surface area contributed by atoms with Gasteiger partial charge in [-0.2, -0.15) is 0 Å². The van der Waals surface area contributed by atoms with Crippen molar-refractivity contribution in [3.63, 3.8) is 0 Å². The summed E-state index contributed by atoms with van der Waals surface area (Å²) in [7, 11) is 4.72. The van der Waals surface area contributed by atoms with Gasteiger partial charge in [0.25, 0.3) is 0 Å². The summed E-state index contributed by atoms with van der Waals surface area (Å²) in [6.07, 6.45) is 3.05. The van der Waals surface area contributed by atoms with Gasteiger partial charge in [-0.1, -0.05) is 0 Å². The lowest BCUT2D eigenvalue weighted by Gasteiger charge is -2.27. The van der Waals surface area contributed by atoms with Crippen molar-refractivity contribution in [3.8, 4) is 0 Å². The van der Waals surface area contributed by atoms with Crippen LogP contribution >= 0.6 is 0 Å². The highest BCUT2D eigenvalue weighted by Gasteiger charge is 2.31. The summed E-state index contributed by atoms with van der Waals surface area (Å²) >= 11 is 0. The van der Waals surface area contributed by atoms with Crippen molar-refractivity contribution in [2.75, 3.05) is 21.2 Å². The Kier molecular flexibility index (Phi) is 4.85. The van der Waals surface area contributed by atoms with E-state index >= 15 is 0 Å². The lowest BCUT2D eigenvalue weighted by molar-refractivity contribution is -0.149. The molecule has 0 aromatic carbocycles. The SMILES string of the molecule is COC(=O)[C@H]([C@@H](C)OC(=O)n1ccnc1)N(C)C. The molecule has 18 heavy (non-hydrogen) atoms. The number of carbonyl (C=O) groups is 2. The number of imidazole rings is 1. The van der Waals surface area contributed by atoms with Crippen LogP contribution in [0, 0.1) is 0 Å². The van der Waals surface area contributed by atoms with Crippen LogP contribution < -0.4 is 0 Å². The molecule has 0 N–H and O–H groups in total. The first-order chi connectivity index (χ1) is 8.47. The Labute approximate surface area is 105 Å². The van der Waals surface area contributed by atoms with E-state index in [4.69, 9.17) is 4.74 Å². The maximum Gasteiger partial charge on any atom is 0.419 e. The monoisotopic (exact) mass is 255 g/mol. The third-order valence-corrected chi connectivity index (χ3v) is 2.45. The van der Waals surface area contributed by atoms with Gasteiger partial charge in [0.15, 0.2) is 0 Å². The Morgan fingerprint density at radius 2 is 2.06 bits per heavy atom. The minimum absolute atomic E-state index is 0.453. The molecule has 1 heterocycles. The van der Waals surface area contributed by atoms with Gasteiger partial charge < -0.3 is 9.47 Å². The highest BCUT2D eigenvalue weighted by molar-refractivity contribution is 5.77. The lowest BCUT2D eigenvalue weighted by atomic mass is 10.1. The van der Waals surface area contributed by atoms with Gasteiger partial charge in [0.2, 0.25) is 0 Å². The molecule has 1 aromatic rings. The van der Waals surface area contributed by atoms with Crippen molar-refractivity contribution in [2.45, 2.75) is 19.1 Å². The Morgan fingerprint density at radius 1 is 1.39 bits per heavy atom. The summed E-state index contributed by atoms with van der Waals surface area (Å²) in [6, 6.07) is -0.650. The van der Waals surface area contributed by atoms with Crippen LogP contribution in [0.5, 0.6) is 0 Å². The Balaban J connectivity index is 2.70. The van der Waals surface area contributed by atoms with Gasteiger partial charge in [-0.3, -0.25) is 9.69 Å². The van der Waals surface area contributed by atoms with E-state index in [-0.39, 0.29) is 0 Å². The molecule has 7 heteroatoms. The fourth-order valence-corrected chi connectivity index (χ4v) is 1.59. The number of esters is 1. The van der Waals surface area contributed by atoms with E-state index in [2.05, 4.69) is 9.72 Å². The van der Waals surface area contributed by atoms with Gasteiger partial charge in [-0.05, 0) is 21.0 Å². The largest absolute Gasteiger partial charge is 0.468 e. The summed E-state index contributed by atoms with van der Waals surface area (Å²) < 4.78 is 11.1. The first-order valence-corrected chi connectivity index (χ1v) is 5.40. The molecule has 0 fully saturated rings. The van der Waals surface area contributed by atoms with Crippen LogP contribution in [0.25, 0.3) is 0 Å². The van der Waals surface area contributed by atoms with Crippen LogP contribution in [0.4, 0.5) is 4.79 Å². The van der Waals surface area contributed by atoms with Crippen LogP contribution in [0.3, 0.4) is 0 Å². The van der Waals surface area contributed by atoms with E-state index in [0.29, 0.717) is 0 Å². The number of methoxy groups -OCH3 is 1. The summed E-state index contributed by atoms with van der Waals surface area (Å²) in [5.74, 6) is -0.453. The van der Waals surface area contributed by atoms with Crippen molar-refractivity contribution >= 4 is 12.1 Å². The highest BCUT2D eigenvalue weighted by atomic mass is 16.6. The molecule has 100 valence electrons. The second-order valence-corrected chi connectivity index (χ2v) is 3.99. The molecule has 0 spiro atoms. The average molecular weight is 255 g/mol. The van der Waals surface area contributed by atoms with Crippen LogP contribution in [0.1, 0.15) is 6.92 Å². The Bertz CT molecular complexity index is 402. The number of likely N-dealkylation sites (N-methyl/N-ethyl adjacent to an activating group) is 1. The molecule has 1 rings (SSSR count). The van der Waals surface area contributed by atoms with Crippen LogP contribution in [0.2, 0.25) is 0 Å². The summed E-state index contributed by atoms with van der Waals surface area (Å²) in [4.78, 5) is 28.7. The minimum Gasteiger partial charge on any atom is -0.468 e. The quantitative estimate of drug-likeness (QED) is 0.723. The third-order valence-electron chi connectivity index (χ3n) is 2.45. The number of ether oxygens (including phenoxy) is 2. The standard InChI is InChI=1S/C11H17N3O4/c1-8(9(13(2)3)10(15)17-4)18-11(16)14-6-5-12-7-14/h5-9H,1-4H3/t8-,9+/m1/s1. The van der Waals surface area contributed by atoms with Crippen LogP contribution in [-0.2, 0) is 14.3 Å². The lowest BCUT2D eigenvalue weighted by Crippen LogP contribution is -2.46. The molecule has 1 aromatic heterocycles. The van der Waals surface area contributed by atoms with Crippen LogP contribution in [-0.4, -0.2) is 59.9 Å². The molecule has 0 saturated carbocycles. The smallest absolute Gasteiger partial charge is 0.419 e. The van der Waals surface area contributed by atoms with Gasteiger partial charge in [-0.25, -0.2) is 14.3 Å². The summed E-state index contributed by atoms with van der Waals surface area (Å²) in [5, 5.41) is 0. The normalized spacial score (nSPS) is 14.1. The number of hydrogen-bond acceptors (Lipinski definition) is 6. The number of hydrogen-bond donors (Lipinski definition) is 0. The van der Waals surface area contributed by atoms with Gasteiger partial charge >= 0.3 is 12.1 Å². The molecule has 0 radical (unpaired) electrons. The molecule has 0 aliphatic heterocycles. The van der Waals surface area contributed by atoms with Gasteiger partial charge in [-0.15, -0.1) is 0 Å². The van der Waals surface area contributed by atoms with E-state index in [0.717, 1.165) is 0 Å². The van der Waals surface area contributed by atoms with Gasteiger partial charge in [0, 0.05) is 12.4 Å². The average Bonchev–Trinajstić information content (AvgIpc) is 2.81. The fourth-order valence-electron chi connectivity index (χ4n) is 1.59.